The van der Waals surface area contributed by atoms with E-state index in [1.165, 1.54) is 7.11 Å². The van der Waals surface area contributed by atoms with Gasteiger partial charge in [0.25, 0.3) is 0 Å². The number of rotatable bonds is 3. The molecule has 4 nitrogen and oxygen atoms in total. The van der Waals surface area contributed by atoms with E-state index in [1.807, 2.05) is 6.07 Å². The van der Waals surface area contributed by atoms with Crippen LogP contribution in [0.4, 0.5) is 0 Å². The minimum atomic E-state index is -0.429. The minimum Gasteiger partial charge on any atom is -0.465 e. The number of aromatic nitrogens is 1. The second kappa shape index (κ2) is 6.24. The number of aryl methyl sites for hydroxylation is 1. The predicted octanol–water partition coefficient (Wildman–Crippen LogP) is 4.38. The van der Waals surface area contributed by atoms with E-state index >= 15 is 0 Å². The molecule has 0 N–H and O–H groups in total. The molecule has 0 saturated carbocycles. The van der Waals surface area contributed by atoms with Crippen LogP contribution in [0.1, 0.15) is 16.1 Å². The van der Waals surface area contributed by atoms with E-state index in [0.29, 0.717) is 27.9 Å². The Morgan fingerprint density at radius 3 is 2.70 bits per heavy atom. The Morgan fingerprint density at radius 2 is 2.05 bits per heavy atom. The highest BCUT2D eigenvalue weighted by Gasteiger charge is 2.12. The molecule has 0 radical (unpaired) electrons. The number of ether oxygens (including phenoxy) is 2. The smallest absolute Gasteiger partial charge is 0.339 e. The van der Waals surface area contributed by atoms with Gasteiger partial charge in [-0.3, -0.25) is 0 Å². The standard InChI is InChI=1S/C14H11BrClNO3/c1-8-10(14(18)19-2)4-6-13(17-8)20-12-7-9(15)3-5-11(12)16/h3-7H,1-2H3. The van der Waals surface area contributed by atoms with Crippen LogP contribution in [0.5, 0.6) is 11.6 Å². The Kier molecular flexibility index (Phi) is 4.62. The van der Waals surface area contributed by atoms with Gasteiger partial charge in [0.1, 0.15) is 5.75 Å². The SMILES string of the molecule is COC(=O)c1ccc(Oc2cc(Br)ccc2Cl)nc1C. The van der Waals surface area contributed by atoms with Crippen molar-refractivity contribution in [1.82, 2.24) is 4.98 Å². The van der Waals surface area contributed by atoms with Gasteiger partial charge >= 0.3 is 5.97 Å². The number of hydrogen-bond acceptors (Lipinski definition) is 4. The van der Waals surface area contributed by atoms with Crippen molar-refractivity contribution >= 4 is 33.5 Å². The highest BCUT2D eigenvalue weighted by atomic mass is 79.9. The second-order valence-electron chi connectivity index (χ2n) is 3.95. The molecule has 0 spiro atoms. The lowest BCUT2D eigenvalue weighted by Gasteiger charge is -2.09. The molecule has 0 bridgehead atoms. The highest BCUT2D eigenvalue weighted by Crippen LogP contribution is 2.31. The van der Waals surface area contributed by atoms with Crippen molar-refractivity contribution in [2.75, 3.05) is 7.11 Å². The first-order valence-electron chi connectivity index (χ1n) is 5.70. The van der Waals surface area contributed by atoms with Crippen LogP contribution in [-0.4, -0.2) is 18.1 Å². The summed E-state index contributed by atoms with van der Waals surface area (Å²) in [4.78, 5) is 15.7. The van der Waals surface area contributed by atoms with Gasteiger partial charge < -0.3 is 9.47 Å². The third kappa shape index (κ3) is 3.29. The molecule has 1 aromatic heterocycles. The van der Waals surface area contributed by atoms with Crippen LogP contribution in [0, 0.1) is 6.92 Å². The minimum absolute atomic E-state index is 0.357. The molecule has 2 rings (SSSR count). The number of carbonyl (C=O) groups excluding carboxylic acids is 1. The number of halogens is 2. The van der Waals surface area contributed by atoms with E-state index in [2.05, 4.69) is 25.7 Å². The molecule has 20 heavy (non-hydrogen) atoms. The Hall–Kier alpha value is -1.59. The number of pyridine rings is 1. The quantitative estimate of drug-likeness (QED) is 0.766. The molecule has 104 valence electrons. The number of hydrogen-bond donors (Lipinski definition) is 0. The molecular formula is C14H11BrClNO3. The van der Waals surface area contributed by atoms with Gasteiger partial charge in [-0.15, -0.1) is 0 Å². The molecule has 0 atom stereocenters. The fraction of sp³-hybridized carbons (Fsp3) is 0.143. The van der Waals surface area contributed by atoms with Gasteiger partial charge in [0, 0.05) is 10.5 Å². The molecule has 2 aromatic rings. The number of nitrogens with zero attached hydrogens (tertiary/aromatic N) is 1. The van der Waals surface area contributed by atoms with Crippen molar-refractivity contribution in [3.05, 3.63) is 51.1 Å². The summed E-state index contributed by atoms with van der Waals surface area (Å²) < 4.78 is 11.1. The first kappa shape index (κ1) is 14.8. The molecule has 0 aliphatic heterocycles. The number of esters is 1. The summed E-state index contributed by atoms with van der Waals surface area (Å²) in [5, 5.41) is 0.477. The third-order valence-corrected chi connectivity index (χ3v) is 3.38. The summed E-state index contributed by atoms with van der Waals surface area (Å²) in [6.45, 7) is 1.71. The zero-order valence-electron chi connectivity index (χ0n) is 10.8. The van der Waals surface area contributed by atoms with E-state index in [9.17, 15) is 4.79 Å². The molecule has 0 aliphatic carbocycles. The van der Waals surface area contributed by atoms with E-state index in [4.69, 9.17) is 16.3 Å². The van der Waals surface area contributed by atoms with Crippen LogP contribution in [0.25, 0.3) is 0 Å². The van der Waals surface area contributed by atoms with Gasteiger partial charge in [-0.25, -0.2) is 9.78 Å². The first-order chi connectivity index (χ1) is 9.51. The van der Waals surface area contributed by atoms with E-state index in [-0.39, 0.29) is 0 Å². The summed E-state index contributed by atoms with van der Waals surface area (Å²) in [5.41, 5.74) is 0.931. The molecule has 6 heteroatoms. The molecule has 0 amide bonds. The van der Waals surface area contributed by atoms with Crippen LogP contribution >= 0.6 is 27.5 Å². The van der Waals surface area contributed by atoms with Crippen LogP contribution in [0.3, 0.4) is 0 Å². The van der Waals surface area contributed by atoms with Crippen molar-refractivity contribution in [2.24, 2.45) is 0 Å². The average Bonchev–Trinajstić information content (AvgIpc) is 2.42. The zero-order valence-corrected chi connectivity index (χ0v) is 13.2. The highest BCUT2D eigenvalue weighted by molar-refractivity contribution is 9.10. The number of carbonyl (C=O) groups is 1. The summed E-state index contributed by atoms with van der Waals surface area (Å²) in [6.07, 6.45) is 0. The Morgan fingerprint density at radius 1 is 1.30 bits per heavy atom. The predicted molar refractivity (Wildman–Crippen MR) is 79.5 cm³/mol. The number of methoxy groups -OCH3 is 1. The summed E-state index contributed by atoms with van der Waals surface area (Å²) in [5.74, 6) is 0.413. The maximum Gasteiger partial charge on any atom is 0.339 e. The Labute approximate surface area is 129 Å². The van der Waals surface area contributed by atoms with Gasteiger partial charge in [-0.2, -0.15) is 0 Å². The lowest BCUT2D eigenvalue weighted by molar-refractivity contribution is 0.0599. The Balaban J connectivity index is 2.29. The molecule has 0 unspecified atom stereocenters. The largest absolute Gasteiger partial charge is 0.465 e. The molecule has 0 fully saturated rings. The fourth-order valence-electron chi connectivity index (χ4n) is 1.59. The zero-order chi connectivity index (χ0) is 14.7. The van der Waals surface area contributed by atoms with Gasteiger partial charge in [0.05, 0.1) is 23.4 Å². The summed E-state index contributed by atoms with van der Waals surface area (Å²) in [6, 6.07) is 8.48. The van der Waals surface area contributed by atoms with Crippen molar-refractivity contribution in [3.63, 3.8) is 0 Å². The van der Waals surface area contributed by atoms with Crippen LogP contribution in [-0.2, 0) is 4.74 Å². The van der Waals surface area contributed by atoms with Crippen molar-refractivity contribution in [3.8, 4) is 11.6 Å². The topological polar surface area (TPSA) is 48.4 Å². The third-order valence-electron chi connectivity index (χ3n) is 2.57. The molecule has 0 aliphatic rings. The second-order valence-corrected chi connectivity index (χ2v) is 5.27. The van der Waals surface area contributed by atoms with Crippen molar-refractivity contribution in [2.45, 2.75) is 6.92 Å². The van der Waals surface area contributed by atoms with Crippen molar-refractivity contribution < 1.29 is 14.3 Å². The average molecular weight is 357 g/mol. The van der Waals surface area contributed by atoms with Crippen LogP contribution in [0.15, 0.2) is 34.8 Å². The molecule has 1 aromatic carbocycles. The first-order valence-corrected chi connectivity index (χ1v) is 6.87. The van der Waals surface area contributed by atoms with Gasteiger partial charge in [-0.05, 0) is 31.2 Å². The maximum absolute atomic E-state index is 11.5. The lowest BCUT2D eigenvalue weighted by atomic mass is 10.2. The Bertz CT molecular complexity index is 661. The van der Waals surface area contributed by atoms with Crippen LogP contribution in [0.2, 0.25) is 5.02 Å². The lowest BCUT2D eigenvalue weighted by Crippen LogP contribution is -2.05. The van der Waals surface area contributed by atoms with Crippen LogP contribution < -0.4 is 4.74 Å². The van der Waals surface area contributed by atoms with Gasteiger partial charge in [-0.1, -0.05) is 27.5 Å². The van der Waals surface area contributed by atoms with E-state index in [0.717, 1.165) is 4.47 Å². The molecular weight excluding hydrogens is 346 g/mol. The van der Waals surface area contributed by atoms with E-state index in [1.54, 1.807) is 31.2 Å². The fourth-order valence-corrected chi connectivity index (χ4v) is 2.08. The van der Waals surface area contributed by atoms with E-state index < -0.39 is 5.97 Å². The summed E-state index contributed by atoms with van der Waals surface area (Å²) >= 11 is 9.39. The normalized spacial score (nSPS) is 10.2. The summed E-state index contributed by atoms with van der Waals surface area (Å²) in [7, 11) is 1.33. The monoisotopic (exact) mass is 355 g/mol. The molecule has 1 heterocycles. The van der Waals surface area contributed by atoms with Gasteiger partial charge in [0.2, 0.25) is 5.88 Å². The van der Waals surface area contributed by atoms with Gasteiger partial charge in [0.15, 0.2) is 0 Å². The molecule has 0 saturated heterocycles. The number of benzene rings is 1. The maximum atomic E-state index is 11.5. The van der Waals surface area contributed by atoms with Crippen molar-refractivity contribution in [1.29, 1.82) is 0 Å².